The number of hydrogen-bond acceptors (Lipinski definition) is 5. The minimum Gasteiger partial charge on any atom is -0.368 e. The topological polar surface area (TPSA) is 51.7 Å². The zero-order valence-electron chi connectivity index (χ0n) is 15.9. The number of hydrogen-bond donors (Lipinski definition) is 1. The van der Waals surface area contributed by atoms with Gasteiger partial charge in [0.1, 0.15) is 11.6 Å². The first-order valence-electron chi connectivity index (χ1n) is 9.17. The maximum atomic E-state index is 13.1. The normalized spacial score (nSPS) is 14.5. The van der Waals surface area contributed by atoms with Crippen LogP contribution in [-0.4, -0.2) is 69.2 Å². The van der Waals surface area contributed by atoms with Crippen LogP contribution in [0.25, 0.3) is 0 Å². The van der Waals surface area contributed by atoms with Crippen LogP contribution in [0.3, 0.4) is 0 Å². The van der Waals surface area contributed by atoms with Crippen molar-refractivity contribution < 1.29 is 9.18 Å². The first-order chi connectivity index (χ1) is 13.0. The fourth-order valence-corrected chi connectivity index (χ4v) is 3.07. The zero-order valence-corrected chi connectivity index (χ0v) is 15.9. The molecule has 2 heterocycles. The second-order valence-electron chi connectivity index (χ2n) is 6.91. The van der Waals surface area contributed by atoms with Crippen molar-refractivity contribution in [3.63, 3.8) is 0 Å². The van der Waals surface area contributed by atoms with Crippen molar-refractivity contribution in [2.24, 2.45) is 0 Å². The Balaban J connectivity index is 1.58. The fourth-order valence-electron chi connectivity index (χ4n) is 3.07. The van der Waals surface area contributed by atoms with Gasteiger partial charge in [-0.25, -0.2) is 9.37 Å². The van der Waals surface area contributed by atoms with Crippen LogP contribution in [0.4, 0.5) is 15.9 Å². The lowest BCUT2D eigenvalue weighted by Crippen LogP contribution is -2.46. The maximum absolute atomic E-state index is 13.1. The van der Waals surface area contributed by atoms with Crippen LogP contribution < -0.4 is 15.1 Å². The number of nitrogens with one attached hydrogen (secondary N) is 1. The molecule has 0 atom stereocenters. The van der Waals surface area contributed by atoms with E-state index in [-0.39, 0.29) is 11.7 Å². The van der Waals surface area contributed by atoms with Gasteiger partial charge in [0.15, 0.2) is 0 Å². The molecule has 3 rings (SSSR count). The van der Waals surface area contributed by atoms with Crippen molar-refractivity contribution in [3.8, 4) is 0 Å². The van der Waals surface area contributed by atoms with Gasteiger partial charge in [0, 0.05) is 56.7 Å². The molecule has 1 saturated heterocycles. The lowest BCUT2D eigenvalue weighted by Gasteiger charge is -2.36. The lowest BCUT2D eigenvalue weighted by atomic mass is 10.2. The highest BCUT2D eigenvalue weighted by molar-refractivity contribution is 5.94. The van der Waals surface area contributed by atoms with Crippen molar-refractivity contribution in [2.45, 2.75) is 0 Å². The number of benzene rings is 1. The Labute approximate surface area is 159 Å². The highest BCUT2D eigenvalue weighted by Gasteiger charge is 2.19. The van der Waals surface area contributed by atoms with Crippen LogP contribution in [0.2, 0.25) is 0 Å². The molecule has 0 spiro atoms. The number of carbonyl (C=O) groups is 1. The van der Waals surface area contributed by atoms with Gasteiger partial charge in [-0.05, 0) is 50.5 Å². The van der Waals surface area contributed by atoms with E-state index in [9.17, 15) is 9.18 Å². The molecule has 2 aromatic rings. The molecule has 0 bridgehead atoms. The number of pyridine rings is 1. The predicted octanol–water partition coefficient (Wildman–Crippen LogP) is 1.84. The van der Waals surface area contributed by atoms with Crippen molar-refractivity contribution in [1.82, 2.24) is 15.2 Å². The second-order valence-corrected chi connectivity index (χ2v) is 6.91. The molecule has 1 aliphatic rings. The number of likely N-dealkylation sites (N-methyl/N-ethyl adjacent to an activating group) is 1. The molecule has 1 N–H and O–H groups in total. The summed E-state index contributed by atoms with van der Waals surface area (Å²) in [4.78, 5) is 23.2. The van der Waals surface area contributed by atoms with Crippen molar-refractivity contribution in [2.75, 3.05) is 63.2 Å². The highest BCUT2D eigenvalue weighted by Crippen LogP contribution is 2.20. The van der Waals surface area contributed by atoms with Crippen LogP contribution in [-0.2, 0) is 0 Å². The second kappa shape index (κ2) is 8.81. The van der Waals surface area contributed by atoms with Crippen LogP contribution in [0, 0.1) is 5.82 Å². The summed E-state index contributed by atoms with van der Waals surface area (Å²) in [6.45, 7) is 4.67. The molecule has 0 saturated carbocycles. The lowest BCUT2D eigenvalue weighted by molar-refractivity contribution is 0.0951. The summed E-state index contributed by atoms with van der Waals surface area (Å²) in [7, 11) is 3.95. The van der Waals surface area contributed by atoms with E-state index in [1.54, 1.807) is 12.3 Å². The Bertz CT molecular complexity index is 757. The zero-order chi connectivity index (χ0) is 19.2. The van der Waals surface area contributed by atoms with E-state index in [0.29, 0.717) is 12.1 Å². The first-order valence-corrected chi connectivity index (χ1v) is 9.17. The Morgan fingerprint density at radius 3 is 2.44 bits per heavy atom. The van der Waals surface area contributed by atoms with E-state index in [1.807, 2.05) is 37.2 Å². The molecule has 7 heteroatoms. The third kappa shape index (κ3) is 5.17. The number of rotatable bonds is 6. The molecule has 1 amide bonds. The van der Waals surface area contributed by atoms with E-state index in [1.165, 1.54) is 12.1 Å². The average molecular weight is 371 g/mol. The average Bonchev–Trinajstić information content (AvgIpc) is 2.68. The molecule has 0 aliphatic carbocycles. The summed E-state index contributed by atoms with van der Waals surface area (Å²) >= 11 is 0. The number of amides is 1. The van der Waals surface area contributed by atoms with E-state index in [4.69, 9.17) is 0 Å². The summed E-state index contributed by atoms with van der Waals surface area (Å²) in [6, 6.07) is 10.2. The standard InChI is InChI=1S/C20H26FN5O/c1-24(2)10-9-23-20(27)16-7-8-22-19(15-16)26-13-11-25(12-14-26)18-5-3-17(21)4-6-18/h3-8,15H,9-14H2,1-2H3,(H,23,27). The number of halogens is 1. The fraction of sp³-hybridized carbons (Fsp3) is 0.400. The number of anilines is 2. The molecule has 0 unspecified atom stereocenters. The number of aromatic nitrogens is 1. The van der Waals surface area contributed by atoms with E-state index in [0.717, 1.165) is 44.2 Å². The Morgan fingerprint density at radius 2 is 1.78 bits per heavy atom. The van der Waals surface area contributed by atoms with Gasteiger partial charge in [-0.3, -0.25) is 4.79 Å². The smallest absolute Gasteiger partial charge is 0.251 e. The summed E-state index contributed by atoms with van der Waals surface area (Å²) in [5, 5.41) is 2.93. The van der Waals surface area contributed by atoms with Gasteiger partial charge in [0.25, 0.3) is 5.91 Å². The molecule has 27 heavy (non-hydrogen) atoms. The number of piperazine rings is 1. The van der Waals surface area contributed by atoms with Crippen LogP contribution in [0.1, 0.15) is 10.4 Å². The molecule has 6 nitrogen and oxygen atoms in total. The molecule has 1 aromatic carbocycles. The third-order valence-corrected chi connectivity index (χ3v) is 4.65. The molecule has 0 radical (unpaired) electrons. The summed E-state index contributed by atoms with van der Waals surface area (Å²) in [5.41, 5.74) is 1.65. The first kappa shape index (κ1) is 19.1. The molecule has 1 aliphatic heterocycles. The Hall–Kier alpha value is -2.67. The van der Waals surface area contributed by atoms with Crippen LogP contribution >= 0.6 is 0 Å². The monoisotopic (exact) mass is 371 g/mol. The highest BCUT2D eigenvalue weighted by atomic mass is 19.1. The van der Waals surface area contributed by atoms with Crippen molar-refractivity contribution >= 4 is 17.4 Å². The van der Waals surface area contributed by atoms with Gasteiger partial charge in [0.2, 0.25) is 0 Å². The van der Waals surface area contributed by atoms with E-state index in [2.05, 4.69) is 20.1 Å². The largest absolute Gasteiger partial charge is 0.368 e. The van der Waals surface area contributed by atoms with Crippen LogP contribution in [0.5, 0.6) is 0 Å². The SMILES string of the molecule is CN(C)CCNC(=O)c1ccnc(N2CCN(c3ccc(F)cc3)CC2)c1. The van der Waals surface area contributed by atoms with Gasteiger partial charge >= 0.3 is 0 Å². The number of nitrogens with zero attached hydrogens (tertiary/aromatic N) is 4. The minimum absolute atomic E-state index is 0.0783. The molecular formula is C20H26FN5O. The van der Waals surface area contributed by atoms with Crippen LogP contribution in [0.15, 0.2) is 42.6 Å². The van der Waals surface area contributed by atoms with Gasteiger partial charge in [-0.2, -0.15) is 0 Å². The summed E-state index contributed by atoms with van der Waals surface area (Å²) in [5.74, 6) is 0.515. The Morgan fingerprint density at radius 1 is 1.11 bits per heavy atom. The van der Waals surface area contributed by atoms with Gasteiger partial charge in [0.05, 0.1) is 0 Å². The van der Waals surface area contributed by atoms with E-state index >= 15 is 0 Å². The molecule has 1 fully saturated rings. The molecule has 144 valence electrons. The summed E-state index contributed by atoms with van der Waals surface area (Å²) < 4.78 is 13.1. The predicted molar refractivity (Wildman–Crippen MR) is 106 cm³/mol. The third-order valence-electron chi connectivity index (χ3n) is 4.65. The molecular weight excluding hydrogens is 345 g/mol. The van der Waals surface area contributed by atoms with Crippen molar-refractivity contribution in [1.29, 1.82) is 0 Å². The van der Waals surface area contributed by atoms with E-state index < -0.39 is 0 Å². The summed E-state index contributed by atoms with van der Waals surface area (Å²) in [6.07, 6.45) is 1.68. The van der Waals surface area contributed by atoms with Crippen molar-refractivity contribution in [3.05, 3.63) is 54.0 Å². The minimum atomic E-state index is -0.220. The Kier molecular flexibility index (Phi) is 6.24. The maximum Gasteiger partial charge on any atom is 0.251 e. The van der Waals surface area contributed by atoms with Gasteiger partial charge in [-0.15, -0.1) is 0 Å². The molecule has 1 aromatic heterocycles. The number of carbonyl (C=O) groups excluding carboxylic acids is 1. The van der Waals surface area contributed by atoms with Gasteiger partial charge < -0.3 is 20.0 Å². The quantitative estimate of drug-likeness (QED) is 0.840. The van der Waals surface area contributed by atoms with Gasteiger partial charge in [-0.1, -0.05) is 0 Å².